The van der Waals surface area contributed by atoms with Crippen molar-refractivity contribution in [2.24, 2.45) is 0 Å². The second-order valence-electron chi connectivity index (χ2n) is 7.70. The summed E-state index contributed by atoms with van der Waals surface area (Å²) in [6.07, 6.45) is 3.43. The van der Waals surface area contributed by atoms with E-state index in [0.717, 1.165) is 39.1 Å². The average molecular weight is 460 g/mol. The lowest BCUT2D eigenvalue weighted by Crippen LogP contribution is -2.42. The van der Waals surface area contributed by atoms with E-state index in [1.165, 1.54) is 0 Å². The Hall–Kier alpha value is -3.94. The molecular formula is C26H29N5O3. The first-order valence-corrected chi connectivity index (χ1v) is 11.5. The van der Waals surface area contributed by atoms with Gasteiger partial charge in [0.2, 0.25) is 0 Å². The van der Waals surface area contributed by atoms with E-state index in [0.29, 0.717) is 23.7 Å². The molecule has 0 bridgehead atoms. The topological polar surface area (TPSA) is 93.4 Å². The summed E-state index contributed by atoms with van der Waals surface area (Å²) in [6, 6.07) is 8.92. The van der Waals surface area contributed by atoms with E-state index in [4.69, 9.17) is 9.26 Å². The number of rotatable bonds is 4. The molecule has 0 spiro atoms. The maximum Gasteiger partial charge on any atom is 0.255 e. The number of likely N-dealkylation sites (N-methyl/N-ethyl adjacent to an activating group) is 1. The Labute approximate surface area is 199 Å². The molecule has 4 aromatic rings. The third-order valence-electron chi connectivity index (χ3n) is 5.86. The van der Waals surface area contributed by atoms with E-state index in [2.05, 4.69) is 20.4 Å². The van der Waals surface area contributed by atoms with Crippen LogP contribution < -0.4 is 15.0 Å². The van der Waals surface area contributed by atoms with Gasteiger partial charge in [-0.05, 0) is 45.0 Å². The highest BCUT2D eigenvalue weighted by Crippen LogP contribution is 2.44. The number of amides is 1. The number of ether oxygens (including phenoxy) is 1. The minimum absolute atomic E-state index is 0.0563. The standard InChI is InChI=1S/C24H23N5O3.C2H6/c1-5-29-19-12-26-18-10-16(21-13(2)28-32-14(21)3)20(31-4)11-15(18)22(19)27-23(24(29)30)17-8-6-7-9-25-17;1-2/h6-12,23,27H,5H2,1-4H3;1-2H3. The fraction of sp³-hybridized carbons (Fsp3) is 0.308. The van der Waals surface area contributed by atoms with E-state index >= 15 is 0 Å². The van der Waals surface area contributed by atoms with Gasteiger partial charge in [0.15, 0.2) is 0 Å². The summed E-state index contributed by atoms with van der Waals surface area (Å²) in [6.45, 7) is 10.3. The van der Waals surface area contributed by atoms with E-state index in [1.807, 2.05) is 65.0 Å². The second-order valence-corrected chi connectivity index (χ2v) is 7.70. The molecule has 8 nitrogen and oxygen atoms in total. The highest BCUT2D eigenvalue weighted by atomic mass is 16.5. The Morgan fingerprint density at radius 1 is 1.18 bits per heavy atom. The minimum atomic E-state index is -0.581. The van der Waals surface area contributed by atoms with Crippen LogP contribution in [0.4, 0.5) is 11.4 Å². The maximum atomic E-state index is 13.2. The van der Waals surface area contributed by atoms with Gasteiger partial charge >= 0.3 is 0 Å². The molecule has 1 aliphatic rings. The third-order valence-corrected chi connectivity index (χ3v) is 5.86. The summed E-state index contributed by atoms with van der Waals surface area (Å²) in [5.41, 5.74) is 5.56. The molecule has 1 unspecified atom stereocenters. The molecule has 0 fully saturated rings. The molecule has 0 saturated heterocycles. The number of fused-ring (bicyclic) bond motifs is 3. The average Bonchev–Trinajstić information content (AvgIpc) is 3.21. The van der Waals surface area contributed by atoms with Crippen molar-refractivity contribution < 1.29 is 14.1 Å². The number of pyridine rings is 2. The van der Waals surface area contributed by atoms with Crippen LogP contribution in [0.5, 0.6) is 5.75 Å². The lowest BCUT2D eigenvalue weighted by Gasteiger charge is -2.35. The van der Waals surface area contributed by atoms with E-state index in [9.17, 15) is 4.79 Å². The Balaban J connectivity index is 0.00000133. The summed E-state index contributed by atoms with van der Waals surface area (Å²) >= 11 is 0. The van der Waals surface area contributed by atoms with Crippen LogP contribution in [0.15, 0.2) is 47.2 Å². The molecule has 1 atom stereocenters. The van der Waals surface area contributed by atoms with Crippen LogP contribution >= 0.6 is 0 Å². The number of nitrogens with one attached hydrogen (secondary N) is 1. The second kappa shape index (κ2) is 9.51. The molecule has 8 heteroatoms. The largest absolute Gasteiger partial charge is 0.496 e. The van der Waals surface area contributed by atoms with Gasteiger partial charge in [0, 0.05) is 23.7 Å². The maximum absolute atomic E-state index is 13.2. The molecule has 1 N–H and O–H groups in total. The van der Waals surface area contributed by atoms with Crippen LogP contribution in [0, 0.1) is 13.8 Å². The number of aryl methyl sites for hydroxylation is 2. The summed E-state index contributed by atoms with van der Waals surface area (Å²) in [5, 5.41) is 8.36. The first kappa shape index (κ1) is 23.2. The van der Waals surface area contributed by atoms with Crippen LogP contribution in [0.1, 0.15) is 44.0 Å². The van der Waals surface area contributed by atoms with Gasteiger partial charge in [0.1, 0.15) is 17.6 Å². The zero-order valence-electron chi connectivity index (χ0n) is 20.3. The van der Waals surface area contributed by atoms with Gasteiger partial charge in [-0.15, -0.1) is 0 Å². The van der Waals surface area contributed by atoms with Crippen molar-refractivity contribution in [3.63, 3.8) is 0 Å². The molecule has 1 amide bonds. The highest BCUT2D eigenvalue weighted by molar-refractivity contribution is 6.11. The normalized spacial score (nSPS) is 14.8. The van der Waals surface area contributed by atoms with Crippen molar-refractivity contribution >= 4 is 28.2 Å². The van der Waals surface area contributed by atoms with Gasteiger partial charge in [0.05, 0.1) is 47.1 Å². The SMILES string of the molecule is CC.CCN1C(=O)C(c2ccccn2)Nc2c1cnc1cc(-c3c(C)noc3C)c(OC)cc21. The van der Waals surface area contributed by atoms with Crippen molar-refractivity contribution in [3.05, 3.63) is 59.9 Å². The molecular weight excluding hydrogens is 430 g/mol. The quantitative estimate of drug-likeness (QED) is 0.433. The summed E-state index contributed by atoms with van der Waals surface area (Å²) in [5.74, 6) is 1.34. The molecule has 5 rings (SSSR count). The first-order valence-electron chi connectivity index (χ1n) is 11.5. The molecule has 176 valence electrons. The monoisotopic (exact) mass is 459 g/mol. The van der Waals surface area contributed by atoms with Gasteiger partial charge in [0.25, 0.3) is 5.91 Å². The summed E-state index contributed by atoms with van der Waals surface area (Å²) in [7, 11) is 1.64. The van der Waals surface area contributed by atoms with Crippen molar-refractivity contribution in [2.45, 2.75) is 40.7 Å². The molecule has 0 aliphatic carbocycles. The predicted molar refractivity (Wildman–Crippen MR) is 133 cm³/mol. The first-order chi connectivity index (χ1) is 16.5. The number of carbonyl (C=O) groups is 1. The zero-order chi connectivity index (χ0) is 24.4. The van der Waals surface area contributed by atoms with Gasteiger partial charge < -0.3 is 19.5 Å². The van der Waals surface area contributed by atoms with E-state index in [-0.39, 0.29) is 5.91 Å². The molecule has 1 aromatic carbocycles. The van der Waals surface area contributed by atoms with Crippen molar-refractivity contribution in [2.75, 3.05) is 23.9 Å². The van der Waals surface area contributed by atoms with Crippen molar-refractivity contribution in [1.29, 1.82) is 0 Å². The Morgan fingerprint density at radius 3 is 2.59 bits per heavy atom. The number of benzene rings is 1. The lowest BCUT2D eigenvalue weighted by molar-refractivity contribution is -0.119. The number of carbonyl (C=O) groups excluding carboxylic acids is 1. The fourth-order valence-electron chi connectivity index (χ4n) is 4.35. The molecule has 4 heterocycles. The molecule has 3 aromatic heterocycles. The van der Waals surface area contributed by atoms with Crippen molar-refractivity contribution in [1.82, 2.24) is 15.1 Å². The van der Waals surface area contributed by atoms with E-state index in [1.54, 1.807) is 24.4 Å². The zero-order valence-corrected chi connectivity index (χ0v) is 20.3. The fourth-order valence-corrected chi connectivity index (χ4v) is 4.35. The summed E-state index contributed by atoms with van der Waals surface area (Å²) in [4.78, 5) is 24.0. The smallest absolute Gasteiger partial charge is 0.255 e. The van der Waals surface area contributed by atoms with Gasteiger partial charge in [-0.1, -0.05) is 25.1 Å². The van der Waals surface area contributed by atoms with Crippen LogP contribution in [0.25, 0.3) is 22.0 Å². The Kier molecular flexibility index (Phi) is 6.49. The number of hydrogen-bond donors (Lipinski definition) is 1. The number of nitrogens with zero attached hydrogens (tertiary/aromatic N) is 4. The number of anilines is 2. The van der Waals surface area contributed by atoms with Crippen LogP contribution in [0.3, 0.4) is 0 Å². The van der Waals surface area contributed by atoms with E-state index < -0.39 is 6.04 Å². The molecule has 1 aliphatic heterocycles. The molecule has 0 radical (unpaired) electrons. The summed E-state index contributed by atoms with van der Waals surface area (Å²) < 4.78 is 11.1. The Morgan fingerprint density at radius 2 is 1.97 bits per heavy atom. The van der Waals surface area contributed by atoms with Crippen LogP contribution in [-0.4, -0.2) is 34.7 Å². The minimum Gasteiger partial charge on any atom is -0.496 e. The predicted octanol–water partition coefficient (Wildman–Crippen LogP) is 5.46. The Bertz CT molecular complexity index is 1310. The third kappa shape index (κ3) is 3.75. The van der Waals surface area contributed by atoms with Gasteiger partial charge in [-0.25, -0.2) is 0 Å². The number of aromatic nitrogens is 3. The highest BCUT2D eigenvalue weighted by Gasteiger charge is 2.35. The lowest BCUT2D eigenvalue weighted by atomic mass is 9.98. The molecule has 0 saturated carbocycles. The number of methoxy groups -OCH3 is 1. The number of hydrogen-bond acceptors (Lipinski definition) is 7. The van der Waals surface area contributed by atoms with Crippen molar-refractivity contribution in [3.8, 4) is 16.9 Å². The van der Waals surface area contributed by atoms with Gasteiger partial charge in [-0.2, -0.15) is 0 Å². The van der Waals surface area contributed by atoms with Crippen LogP contribution in [0.2, 0.25) is 0 Å². The van der Waals surface area contributed by atoms with Gasteiger partial charge in [-0.3, -0.25) is 14.8 Å². The van der Waals surface area contributed by atoms with Crippen LogP contribution in [-0.2, 0) is 4.79 Å². The molecule has 34 heavy (non-hydrogen) atoms.